The van der Waals surface area contributed by atoms with Crippen molar-refractivity contribution >= 4 is 17.7 Å². The summed E-state index contributed by atoms with van der Waals surface area (Å²) in [5.74, 6) is 0.445. The maximum absolute atomic E-state index is 13.0. The summed E-state index contributed by atoms with van der Waals surface area (Å²) in [7, 11) is 0. The molecule has 1 aromatic carbocycles. The maximum Gasteiger partial charge on any atom is 0.321 e. The topological polar surface area (TPSA) is 72.5 Å². The van der Waals surface area contributed by atoms with Gasteiger partial charge in [0.1, 0.15) is 23.7 Å². The molecule has 0 spiro atoms. The molecule has 0 bridgehead atoms. The molecule has 3 N–H and O–H groups in total. The van der Waals surface area contributed by atoms with E-state index in [0.717, 1.165) is 5.56 Å². The summed E-state index contributed by atoms with van der Waals surface area (Å²) in [6, 6.07) is 3.62. The van der Waals surface area contributed by atoms with Crippen molar-refractivity contribution in [3.05, 3.63) is 29.6 Å². The highest BCUT2D eigenvalue weighted by Crippen LogP contribution is 2.30. The quantitative estimate of drug-likeness (QED) is 0.844. The van der Waals surface area contributed by atoms with Crippen molar-refractivity contribution in [1.29, 1.82) is 0 Å². The normalized spacial score (nSPS) is 19.1. The van der Waals surface area contributed by atoms with Crippen LogP contribution in [0.4, 0.5) is 4.39 Å². The summed E-state index contributed by atoms with van der Waals surface area (Å²) in [4.78, 5) is 10.5. The molecule has 0 saturated heterocycles. The van der Waals surface area contributed by atoms with Gasteiger partial charge in [0.05, 0.1) is 0 Å². The Morgan fingerprint density at radius 1 is 1.67 bits per heavy atom. The minimum atomic E-state index is -1.000. The number of benzene rings is 1. The number of aliphatic carboxylic acids is 1. The summed E-state index contributed by atoms with van der Waals surface area (Å²) in [6.07, 6.45) is 0.621. The van der Waals surface area contributed by atoms with Crippen molar-refractivity contribution in [2.45, 2.75) is 18.6 Å². The molecular weight excluding hydrogens is 257 g/mol. The first kappa shape index (κ1) is 13.2. The van der Waals surface area contributed by atoms with E-state index in [1.165, 1.54) is 23.9 Å². The van der Waals surface area contributed by atoms with Crippen LogP contribution < -0.4 is 10.5 Å². The number of carboxylic acid groups (broad SMARTS) is 1. The van der Waals surface area contributed by atoms with Crippen LogP contribution in [0.15, 0.2) is 18.2 Å². The molecule has 98 valence electrons. The zero-order valence-electron chi connectivity index (χ0n) is 9.64. The van der Waals surface area contributed by atoms with Crippen molar-refractivity contribution < 1.29 is 19.0 Å². The number of nitrogens with two attached hydrogens (primary N) is 1. The standard InChI is InChI=1S/C12H14FNO3S/c13-8-1-2-11-7(3-8)4-9(17-11)5-18-6-10(14)12(15)16/h1-3,9-10H,4-6,14H2,(H,15,16)/t9?,10-/m1/s1. The second-order valence-corrected chi connectivity index (χ2v) is 5.25. The predicted molar refractivity (Wildman–Crippen MR) is 67.5 cm³/mol. The third-order valence-corrected chi connectivity index (χ3v) is 3.88. The Kier molecular flexibility index (Phi) is 4.08. The van der Waals surface area contributed by atoms with Gasteiger partial charge in [-0.2, -0.15) is 11.8 Å². The monoisotopic (exact) mass is 271 g/mol. The van der Waals surface area contributed by atoms with E-state index in [1.807, 2.05) is 0 Å². The molecular formula is C12H14FNO3S. The van der Waals surface area contributed by atoms with Gasteiger partial charge in [0.2, 0.25) is 0 Å². The SMILES string of the molecule is N[C@H](CSCC1Cc2cc(F)ccc2O1)C(=O)O. The Morgan fingerprint density at radius 2 is 2.44 bits per heavy atom. The molecule has 1 heterocycles. The fourth-order valence-electron chi connectivity index (χ4n) is 1.78. The molecule has 0 aromatic heterocycles. The third-order valence-electron chi connectivity index (χ3n) is 2.68. The number of halogens is 1. The summed E-state index contributed by atoms with van der Waals surface area (Å²) in [5.41, 5.74) is 6.26. The van der Waals surface area contributed by atoms with Gasteiger partial charge in [-0.3, -0.25) is 4.79 Å². The molecule has 0 amide bonds. The number of ether oxygens (including phenoxy) is 1. The van der Waals surface area contributed by atoms with Crippen LogP contribution in [0.3, 0.4) is 0 Å². The minimum absolute atomic E-state index is 0.0344. The van der Waals surface area contributed by atoms with Crippen molar-refractivity contribution in [3.63, 3.8) is 0 Å². The van der Waals surface area contributed by atoms with Crippen molar-refractivity contribution in [3.8, 4) is 5.75 Å². The van der Waals surface area contributed by atoms with E-state index in [-0.39, 0.29) is 11.9 Å². The van der Waals surface area contributed by atoms with Crippen LogP contribution in [-0.4, -0.2) is 34.7 Å². The zero-order valence-corrected chi connectivity index (χ0v) is 10.5. The molecule has 18 heavy (non-hydrogen) atoms. The Hall–Kier alpha value is -1.27. The van der Waals surface area contributed by atoms with Crippen LogP contribution in [0.2, 0.25) is 0 Å². The van der Waals surface area contributed by atoms with E-state index in [0.29, 0.717) is 23.7 Å². The molecule has 0 fully saturated rings. The van der Waals surface area contributed by atoms with Gasteiger partial charge in [-0.05, 0) is 18.2 Å². The smallest absolute Gasteiger partial charge is 0.321 e. The first-order valence-electron chi connectivity index (χ1n) is 5.57. The zero-order chi connectivity index (χ0) is 13.1. The largest absolute Gasteiger partial charge is 0.489 e. The molecule has 1 aliphatic rings. The average Bonchev–Trinajstić information content (AvgIpc) is 2.70. The van der Waals surface area contributed by atoms with Crippen LogP contribution in [0.25, 0.3) is 0 Å². The number of rotatable bonds is 5. The van der Waals surface area contributed by atoms with Crippen LogP contribution in [0.5, 0.6) is 5.75 Å². The number of hydrogen-bond acceptors (Lipinski definition) is 4. The average molecular weight is 271 g/mol. The predicted octanol–water partition coefficient (Wildman–Crippen LogP) is 1.27. The van der Waals surface area contributed by atoms with Gasteiger partial charge in [0, 0.05) is 23.5 Å². The Balaban J connectivity index is 1.80. The second-order valence-electron chi connectivity index (χ2n) is 4.18. The Morgan fingerprint density at radius 3 is 3.17 bits per heavy atom. The molecule has 0 radical (unpaired) electrons. The molecule has 2 atom stereocenters. The van der Waals surface area contributed by atoms with E-state index in [2.05, 4.69) is 0 Å². The fraction of sp³-hybridized carbons (Fsp3) is 0.417. The number of thioether (sulfide) groups is 1. The summed E-state index contributed by atoms with van der Waals surface area (Å²) >= 11 is 1.44. The molecule has 2 rings (SSSR count). The Labute approximate surface area is 108 Å². The number of hydrogen-bond donors (Lipinski definition) is 2. The fourth-order valence-corrected chi connectivity index (χ4v) is 2.76. The van der Waals surface area contributed by atoms with Crippen LogP contribution in [0.1, 0.15) is 5.56 Å². The molecule has 0 aliphatic carbocycles. The van der Waals surface area contributed by atoms with E-state index >= 15 is 0 Å². The van der Waals surface area contributed by atoms with Crippen LogP contribution in [0, 0.1) is 5.82 Å². The Bertz CT molecular complexity index is 455. The number of carboxylic acids is 1. The highest BCUT2D eigenvalue weighted by Gasteiger charge is 2.23. The first-order valence-corrected chi connectivity index (χ1v) is 6.73. The van der Waals surface area contributed by atoms with Gasteiger partial charge < -0.3 is 15.6 Å². The summed E-state index contributed by atoms with van der Waals surface area (Å²) in [6.45, 7) is 0. The minimum Gasteiger partial charge on any atom is -0.489 e. The van der Waals surface area contributed by atoms with Crippen LogP contribution in [-0.2, 0) is 11.2 Å². The van der Waals surface area contributed by atoms with Crippen LogP contribution >= 0.6 is 11.8 Å². The highest BCUT2D eigenvalue weighted by molar-refractivity contribution is 7.99. The van der Waals surface area contributed by atoms with Gasteiger partial charge in [-0.1, -0.05) is 0 Å². The molecule has 1 aliphatic heterocycles. The second kappa shape index (κ2) is 5.58. The van der Waals surface area contributed by atoms with Gasteiger partial charge in [0.25, 0.3) is 0 Å². The lowest BCUT2D eigenvalue weighted by Crippen LogP contribution is -2.33. The van der Waals surface area contributed by atoms with Gasteiger partial charge in [0.15, 0.2) is 0 Å². The van der Waals surface area contributed by atoms with Gasteiger partial charge in [-0.15, -0.1) is 0 Å². The lowest BCUT2D eigenvalue weighted by Gasteiger charge is -2.11. The van der Waals surface area contributed by atoms with Crippen molar-refractivity contribution in [2.75, 3.05) is 11.5 Å². The maximum atomic E-state index is 13.0. The number of carbonyl (C=O) groups is 1. The lowest BCUT2D eigenvalue weighted by molar-refractivity contribution is -0.137. The highest BCUT2D eigenvalue weighted by atomic mass is 32.2. The van der Waals surface area contributed by atoms with Crippen molar-refractivity contribution in [1.82, 2.24) is 0 Å². The van der Waals surface area contributed by atoms with Gasteiger partial charge in [-0.25, -0.2) is 4.39 Å². The molecule has 4 nitrogen and oxygen atoms in total. The summed E-state index contributed by atoms with van der Waals surface area (Å²) in [5, 5.41) is 8.64. The van der Waals surface area contributed by atoms with Gasteiger partial charge >= 0.3 is 5.97 Å². The molecule has 1 unspecified atom stereocenters. The number of fused-ring (bicyclic) bond motifs is 1. The first-order chi connectivity index (χ1) is 8.56. The summed E-state index contributed by atoms with van der Waals surface area (Å²) < 4.78 is 18.6. The third kappa shape index (κ3) is 3.14. The molecule has 0 saturated carbocycles. The van der Waals surface area contributed by atoms with E-state index in [1.54, 1.807) is 6.07 Å². The van der Waals surface area contributed by atoms with E-state index in [9.17, 15) is 9.18 Å². The van der Waals surface area contributed by atoms with Crippen molar-refractivity contribution in [2.24, 2.45) is 5.73 Å². The van der Waals surface area contributed by atoms with E-state index < -0.39 is 12.0 Å². The molecule has 6 heteroatoms. The molecule has 1 aromatic rings. The van der Waals surface area contributed by atoms with E-state index in [4.69, 9.17) is 15.6 Å². The lowest BCUT2D eigenvalue weighted by atomic mass is 10.1.